The summed E-state index contributed by atoms with van der Waals surface area (Å²) in [6.07, 6.45) is 9.61. The fourth-order valence-corrected chi connectivity index (χ4v) is 4.90. The Bertz CT molecular complexity index is 1270. The molecular weight excluding hydrogens is 432 g/mol. The lowest BCUT2D eigenvalue weighted by Crippen LogP contribution is -2.39. The SMILES string of the molecule is O=C(COC(=O)c1c2c(nc3ccccc13)/C(=C/c1ccco1)CC2)NC(=O)C1CCCCC1. The summed E-state index contributed by atoms with van der Waals surface area (Å²) >= 11 is 0. The molecule has 0 saturated heterocycles. The van der Waals surface area contributed by atoms with Crippen molar-refractivity contribution in [3.63, 3.8) is 0 Å². The van der Waals surface area contributed by atoms with Gasteiger partial charge < -0.3 is 9.15 Å². The van der Waals surface area contributed by atoms with Crippen LogP contribution in [0.3, 0.4) is 0 Å². The molecule has 2 aromatic heterocycles. The van der Waals surface area contributed by atoms with Gasteiger partial charge in [0.1, 0.15) is 5.76 Å². The molecule has 174 valence electrons. The van der Waals surface area contributed by atoms with Crippen molar-refractivity contribution in [1.82, 2.24) is 10.3 Å². The Morgan fingerprint density at radius 2 is 1.88 bits per heavy atom. The van der Waals surface area contributed by atoms with Crippen LogP contribution in [0.15, 0.2) is 47.1 Å². The number of fused-ring (bicyclic) bond motifs is 2. The molecule has 0 unspecified atom stereocenters. The monoisotopic (exact) mass is 458 g/mol. The highest BCUT2D eigenvalue weighted by Crippen LogP contribution is 2.37. The second-order valence-electron chi connectivity index (χ2n) is 8.84. The van der Waals surface area contributed by atoms with Crippen molar-refractivity contribution in [2.24, 2.45) is 5.92 Å². The maximum absolute atomic E-state index is 13.2. The predicted molar refractivity (Wildman–Crippen MR) is 127 cm³/mol. The van der Waals surface area contributed by atoms with Crippen molar-refractivity contribution in [1.29, 1.82) is 0 Å². The van der Waals surface area contributed by atoms with Gasteiger partial charge in [0.2, 0.25) is 5.91 Å². The normalized spacial score (nSPS) is 17.0. The second-order valence-corrected chi connectivity index (χ2v) is 8.84. The van der Waals surface area contributed by atoms with Gasteiger partial charge in [-0.2, -0.15) is 0 Å². The van der Waals surface area contributed by atoms with Crippen molar-refractivity contribution in [2.75, 3.05) is 6.61 Å². The van der Waals surface area contributed by atoms with Crippen LogP contribution in [0.2, 0.25) is 0 Å². The molecule has 1 N–H and O–H groups in total. The number of pyridine rings is 1. The van der Waals surface area contributed by atoms with E-state index in [4.69, 9.17) is 14.1 Å². The molecule has 3 aromatic rings. The zero-order valence-corrected chi connectivity index (χ0v) is 18.8. The number of furan rings is 1. The highest BCUT2D eigenvalue weighted by Gasteiger charge is 2.28. The van der Waals surface area contributed by atoms with Crippen LogP contribution in [0.4, 0.5) is 0 Å². The first-order valence-electron chi connectivity index (χ1n) is 11.8. The van der Waals surface area contributed by atoms with Gasteiger partial charge in [-0.05, 0) is 61.1 Å². The van der Waals surface area contributed by atoms with E-state index in [9.17, 15) is 14.4 Å². The molecule has 0 aliphatic heterocycles. The molecule has 1 saturated carbocycles. The number of esters is 1. The second kappa shape index (κ2) is 9.63. The molecule has 0 bridgehead atoms. The van der Waals surface area contributed by atoms with E-state index in [1.807, 2.05) is 42.5 Å². The molecule has 2 heterocycles. The molecule has 7 heteroatoms. The molecule has 1 fully saturated rings. The number of imide groups is 1. The number of allylic oxidation sites excluding steroid dienone is 1. The zero-order chi connectivity index (χ0) is 23.5. The summed E-state index contributed by atoms with van der Waals surface area (Å²) in [5.74, 6) is -0.878. The van der Waals surface area contributed by atoms with Gasteiger partial charge in [0, 0.05) is 11.3 Å². The summed E-state index contributed by atoms with van der Waals surface area (Å²) < 4.78 is 10.8. The number of rotatable bonds is 5. The van der Waals surface area contributed by atoms with Crippen LogP contribution in [0.25, 0.3) is 22.6 Å². The largest absolute Gasteiger partial charge is 0.465 e. The molecule has 2 aliphatic rings. The molecule has 0 atom stereocenters. The number of carbonyl (C=O) groups excluding carboxylic acids is 3. The van der Waals surface area contributed by atoms with Gasteiger partial charge in [-0.1, -0.05) is 37.5 Å². The minimum absolute atomic E-state index is 0.139. The molecule has 2 aliphatic carbocycles. The van der Waals surface area contributed by atoms with E-state index in [0.29, 0.717) is 22.9 Å². The summed E-state index contributed by atoms with van der Waals surface area (Å²) in [6.45, 7) is -0.502. The Labute approximate surface area is 197 Å². The Kier molecular flexibility index (Phi) is 6.25. The van der Waals surface area contributed by atoms with Crippen LogP contribution in [0.1, 0.15) is 65.9 Å². The van der Waals surface area contributed by atoms with Crippen LogP contribution in [0.5, 0.6) is 0 Å². The smallest absolute Gasteiger partial charge is 0.339 e. The number of aromatic nitrogens is 1. The van der Waals surface area contributed by atoms with Gasteiger partial charge in [0.05, 0.1) is 23.0 Å². The van der Waals surface area contributed by atoms with E-state index >= 15 is 0 Å². The van der Waals surface area contributed by atoms with Gasteiger partial charge in [-0.25, -0.2) is 9.78 Å². The zero-order valence-electron chi connectivity index (χ0n) is 18.8. The van der Waals surface area contributed by atoms with Crippen LogP contribution in [0, 0.1) is 5.92 Å². The number of ether oxygens (including phenoxy) is 1. The number of nitrogens with zero attached hydrogens (tertiary/aromatic N) is 1. The van der Waals surface area contributed by atoms with Gasteiger partial charge in [0.15, 0.2) is 6.61 Å². The van der Waals surface area contributed by atoms with Gasteiger partial charge >= 0.3 is 5.97 Å². The van der Waals surface area contributed by atoms with Gasteiger partial charge in [-0.15, -0.1) is 0 Å². The summed E-state index contributed by atoms with van der Waals surface area (Å²) in [4.78, 5) is 42.6. The van der Waals surface area contributed by atoms with Gasteiger partial charge in [0.25, 0.3) is 5.91 Å². The average molecular weight is 459 g/mol. The summed E-state index contributed by atoms with van der Waals surface area (Å²) in [6, 6.07) is 11.1. The standard InChI is InChI=1S/C27H26N2O5/c30-23(29-26(31)17-7-2-1-3-8-17)16-34-27(32)24-20-10-4-5-11-22(20)28-25-18(12-13-21(24)25)15-19-9-6-14-33-19/h4-6,9-11,14-15,17H,1-3,7-8,12-13,16H2,(H,29,30,31)/b18-15+. The van der Waals surface area contributed by atoms with Crippen molar-refractivity contribution < 1.29 is 23.5 Å². The lowest BCUT2D eigenvalue weighted by Gasteiger charge is -2.20. The number of nitrogens with one attached hydrogen (secondary N) is 1. The fraction of sp³-hybridized carbons (Fsp3) is 0.333. The van der Waals surface area contributed by atoms with Crippen LogP contribution >= 0.6 is 0 Å². The highest BCUT2D eigenvalue weighted by atomic mass is 16.5. The predicted octanol–water partition coefficient (Wildman–Crippen LogP) is 4.69. The summed E-state index contributed by atoms with van der Waals surface area (Å²) in [5, 5.41) is 3.08. The molecule has 7 nitrogen and oxygen atoms in total. The Balaban J connectivity index is 1.36. The van der Waals surface area contributed by atoms with E-state index in [0.717, 1.165) is 61.1 Å². The summed E-state index contributed by atoms with van der Waals surface area (Å²) in [7, 11) is 0. The highest BCUT2D eigenvalue weighted by molar-refractivity contribution is 6.08. The molecule has 34 heavy (non-hydrogen) atoms. The lowest BCUT2D eigenvalue weighted by atomic mass is 9.89. The minimum atomic E-state index is -0.600. The molecule has 1 aromatic carbocycles. The number of para-hydroxylation sites is 1. The number of carbonyl (C=O) groups is 3. The quantitative estimate of drug-likeness (QED) is 0.557. The molecule has 0 radical (unpaired) electrons. The minimum Gasteiger partial charge on any atom is -0.465 e. The first kappa shape index (κ1) is 22.1. The molecular formula is C27H26N2O5. The van der Waals surface area contributed by atoms with Crippen molar-refractivity contribution in [2.45, 2.75) is 44.9 Å². The topological polar surface area (TPSA) is 98.5 Å². The van der Waals surface area contributed by atoms with Crippen molar-refractivity contribution in [3.8, 4) is 0 Å². The van der Waals surface area contributed by atoms with Crippen LogP contribution in [-0.4, -0.2) is 29.4 Å². The average Bonchev–Trinajstić information content (AvgIpc) is 3.52. The van der Waals surface area contributed by atoms with E-state index in [1.54, 1.807) is 6.26 Å². The molecule has 2 amide bonds. The van der Waals surface area contributed by atoms with E-state index in [-0.39, 0.29) is 11.8 Å². The third kappa shape index (κ3) is 4.51. The van der Waals surface area contributed by atoms with Crippen molar-refractivity contribution in [3.05, 3.63) is 65.2 Å². The first-order chi connectivity index (χ1) is 16.6. The number of hydrogen-bond donors (Lipinski definition) is 1. The van der Waals surface area contributed by atoms with Gasteiger partial charge in [-0.3, -0.25) is 14.9 Å². The van der Waals surface area contributed by atoms with E-state index in [2.05, 4.69) is 5.32 Å². The Morgan fingerprint density at radius 3 is 2.68 bits per heavy atom. The van der Waals surface area contributed by atoms with E-state index in [1.165, 1.54) is 0 Å². The maximum atomic E-state index is 13.2. The number of amides is 2. The first-order valence-corrected chi connectivity index (χ1v) is 11.8. The fourth-order valence-electron chi connectivity index (χ4n) is 4.90. The molecule has 0 spiro atoms. The van der Waals surface area contributed by atoms with E-state index < -0.39 is 18.5 Å². The third-order valence-corrected chi connectivity index (χ3v) is 6.58. The maximum Gasteiger partial charge on any atom is 0.339 e. The number of benzene rings is 1. The Morgan fingerprint density at radius 1 is 1.06 bits per heavy atom. The molecule has 5 rings (SSSR count). The summed E-state index contributed by atoms with van der Waals surface area (Å²) in [5.41, 5.74) is 3.65. The Hall–Kier alpha value is -3.74. The number of hydrogen-bond acceptors (Lipinski definition) is 6. The lowest BCUT2D eigenvalue weighted by molar-refractivity contribution is -0.135. The van der Waals surface area contributed by atoms with Crippen LogP contribution < -0.4 is 5.32 Å². The van der Waals surface area contributed by atoms with Crippen molar-refractivity contribution >= 4 is 40.3 Å². The third-order valence-electron chi connectivity index (χ3n) is 6.58. The van der Waals surface area contributed by atoms with Crippen LogP contribution in [-0.2, 0) is 20.7 Å².